The van der Waals surface area contributed by atoms with Crippen LogP contribution in [0.1, 0.15) is 16.7 Å². The molecule has 134 valence electrons. The largest absolute Gasteiger partial charge is 0.493 e. The number of methoxy groups -OCH3 is 1. The number of hydrogen-bond acceptors (Lipinski definition) is 3. The maximum Gasteiger partial charge on any atom is 0.174 e. The van der Waals surface area contributed by atoms with Crippen LogP contribution in [0.5, 0.6) is 11.5 Å². The summed E-state index contributed by atoms with van der Waals surface area (Å²) in [6.45, 7) is 3.34. The Morgan fingerprint density at radius 2 is 1.65 bits per heavy atom. The molecule has 3 nitrogen and oxygen atoms in total. The van der Waals surface area contributed by atoms with Gasteiger partial charge in [0.15, 0.2) is 11.5 Å². The fourth-order valence-electron chi connectivity index (χ4n) is 2.62. The van der Waals surface area contributed by atoms with Gasteiger partial charge in [-0.2, -0.15) is 0 Å². The molecule has 0 amide bonds. The number of hydrogen-bond donors (Lipinski definition) is 1. The lowest BCUT2D eigenvalue weighted by molar-refractivity contribution is 0.282. The first kappa shape index (κ1) is 18.6. The van der Waals surface area contributed by atoms with Gasteiger partial charge in [-0.3, -0.25) is 0 Å². The minimum Gasteiger partial charge on any atom is -0.493 e. The van der Waals surface area contributed by atoms with E-state index >= 15 is 0 Å². The lowest BCUT2D eigenvalue weighted by Gasteiger charge is -2.15. The van der Waals surface area contributed by atoms with E-state index in [0.29, 0.717) is 6.61 Å². The van der Waals surface area contributed by atoms with E-state index in [2.05, 4.69) is 77.3 Å². The van der Waals surface area contributed by atoms with Gasteiger partial charge in [0.05, 0.1) is 10.7 Å². The highest BCUT2D eigenvalue weighted by atomic mass is 127. The van der Waals surface area contributed by atoms with Gasteiger partial charge in [0.25, 0.3) is 0 Å². The average molecular weight is 459 g/mol. The van der Waals surface area contributed by atoms with E-state index in [0.717, 1.165) is 38.4 Å². The molecule has 3 rings (SSSR count). The van der Waals surface area contributed by atoms with Gasteiger partial charge in [0, 0.05) is 12.2 Å². The minimum atomic E-state index is 0.522. The number of nitrogens with one attached hydrogen (secondary N) is 1. The standard InChI is InChI=1S/C22H22INO2/c1-16-8-10-19(11-9-16)24-14-18-12-20(23)22(21(13-18)25-2)26-15-17-6-4-3-5-7-17/h3-13,24H,14-15H2,1-2H3. The van der Waals surface area contributed by atoms with Crippen molar-refractivity contribution in [1.29, 1.82) is 0 Å². The van der Waals surface area contributed by atoms with E-state index in [9.17, 15) is 0 Å². The van der Waals surface area contributed by atoms with E-state index < -0.39 is 0 Å². The quantitative estimate of drug-likeness (QED) is 0.453. The van der Waals surface area contributed by atoms with Crippen LogP contribution in [0.15, 0.2) is 66.7 Å². The van der Waals surface area contributed by atoms with Gasteiger partial charge < -0.3 is 14.8 Å². The Balaban J connectivity index is 1.70. The molecule has 0 aliphatic heterocycles. The molecule has 0 atom stereocenters. The molecule has 0 bridgehead atoms. The van der Waals surface area contributed by atoms with Crippen molar-refractivity contribution in [3.05, 3.63) is 87.0 Å². The van der Waals surface area contributed by atoms with Crippen molar-refractivity contribution in [1.82, 2.24) is 0 Å². The van der Waals surface area contributed by atoms with Crippen LogP contribution in [0.4, 0.5) is 5.69 Å². The van der Waals surface area contributed by atoms with Gasteiger partial charge in [-0.05, 0) is 64.9 Å². The van der Waals surface area contributed by atoms with E-state index in [-0.39, 0.29) is 0 Å². The summed E-state index contributed by atoms with van der Waals surface area (Å²) in [4.78, 5) is 0. The first-order valence-corrected chi connectivity index (χ1v) is 9.57. The lowest BCUT2D eigenvalue weighted by atomic mass is 10.2. The number of halogens is 1. The Morgan fingerprint density at radius 3 is 2.35 bits per heavy atom. The van der Waals surface area contributed by atoms with Crippen LogP contribution in [0.3, 0.4) is 0 Å². The Kier molecular flexibility index (Phi) is 6.39. The topological polar surface area (TPSA) is 30.5 Å². The molecule has 26 heavy (non-hydrogen) atoms. The second kappa shape index (κ2) is 8.94. The van der Waals surface area contributed by atoms with Crippen molar-refractivity contribution in [2.75, 3.05) is 12.4 Å². The number of ether oxygens (including phenoxy) is 2. The molecule has 3 aromatic rings. The van der Waals surface area contributed by atoms with Crippen molar-refractivity contribution in [2.24, 2.45) is 0 Å². The third kappa shape index (κ3) is 4.91. The lowest BCUT2D eigenvalue weighted by Crippen LogP contribution is -2.03. The van der Waals surface area contributed by atoms with Crippen molar-refractivity contribution >= 4 is 28.3 Å². The fraction of sp³-hybridized carbons (Fsp3) is 0.182. The van der Waals surface area contributed by atoms with Crippen LogP contribution in [0.25, 0.3) is 0 Å². The Hall–Kier alpha value is -2.21. The molecule has 0 heterocycles. The second-order valence-corrected chi connectivity index (χ2v) is 7.27. The van der Waals surface area contributed by atoms with Crippen LogP contribution < -0.4 is 14.8 Å². The van der Waals surface area contributed by atoms with Crippen molar-refractivity contribution in [3.63, 3.8) is 0 Å². The zero-order valence-electron chi connectivity index (χ0n) is 15.0. The Bertz CT molecular complexity index is 848. The molecular weight excluding hydrogens is 437 g/mol. The van der Waals surface area contributed by atoms with Crippen molar-refractivity contribution in [3.8, 4) is 11.5 Å². The molecule has 1 N–H and O–H groups in total. The summed E-state index contributed by atoms with van der Waals surface area (Å²) in [5.74, 6) is 1.55. The molecule has 0 aliphatic rings. The van der Waals surface area contributed by atoms with Gasteiger partial charge in [-0.1, -0.05) is 48.0 Å². The van der Waals surface area contributed by atoms with Gasteiger partial charge in [0.2, 0.25) is 0 Å². The Labute approximate surface area is 168 Å². The summed E-state index contributed by atoms with van der Waals surface area (Å²) in [6, 6.07) is 22.7. The van der Waals surface area contributed by atoms with Crippen molar-refractivity contribution < 1.29 is 9.47 Å². The van der Waals surface area contributed by atoms with Crippen LogP contribution in [0, 0.1) is 10.5 Å². The third-order valence-electron chi connectivity index (χ3n) is 4.06. The average Bonchev–Trinajstić information content (AvgIpc) is 2.67. The van der Waals surface area contributed by atoms with E-state index in [4.69, 9.17) is 9.47 Å². The zero-order valence-corrected chi connectivity index (χ0v) is 17.1. The molecule has 3 aromatic carbocycles. The van der Waals surface area contributed by atoms with Crippen LogP contribution in [-0.2, 0) is 13.2 Å². The first-order valence-electron chi connectivity index (χ1n) is 8.49. The molecular formula is C22H22INO2. The molecule has 0 saturated carbocycles. The third-order valence-corrected chi connectivity index (χ3v) is 4.86. The predicted octanol–water partition coefficient (Wildman–Crippen LogP) is 5.80. The van der Waals surface area contributed by atoms with Gasteiger partial charge in [0.1, 0.15) is 6.61 Å². The molecule has 0 spiro atoms. The summed E-state index contributed by atoms with van der Waals surface area (Å²) < 4.78 is 12.6. The van der Waals surface area contributed by atoms with Gasteiger partial charge >= 0.3 is 0 Å². The molecule has 0 unspecified atom stereocenters. The number of benzene rings is 3. The van der Waals surface area contributed by atoms with E-state index in [1.807, 2.05) is 24.3 Å². The molecule has 0 radical (unpaired) electrons. The summed E-state index contributed by atoms with van der Waals surface area (Å²) in [5.41, 5.74) is 4.65. The summed E-state index contributed by atoms with van der Waals surface area (Å²) in [7, 11) is 1.68. The van der Waals surface area contributed by atoms with E-state index in [1.54, 1.807) is 7.11 Å². The molecule has 0 aromatic heterocycles. The molecule has 4 heteroatoms. The Morgan fingerprint density at radius 1 is 0.923 bits per heavy atom. The highest BCUT2D eigenvalue weighted by Gasteiger charge is 2.12. The number of rotatable bonds is 7. The molecule has 0 fully saturated rings. The van der Waals surface area contributed by atoms with E-state index in [1.165, 1.54) is 5.56 Å². The van der Waals surface area contributed by atoms with Crippen LogP contribution >= 0.6 is 22.6 Å². The van der Waals surface area contributed by atoms with Gasteiger partial charge in [-0.15, -0.1) is 0 Å². The maximum absolute atomic E-state index is 6.02. The fourth-order valence-corrected chi connectivity index (χ4v) is 3.44. The summed E-state index contributed by atoms with van der Waals surface area (Å²) in [6.07, 6.45) is 0. The highest BCUT2D eigenvalue weighted by molar-refractivity contribution is 14.1. The molecule has 0 saturated heterocycles. The number of aryl methyl sites for hydroxylation is 1. The highest BCUT2D eigenvalue weighted by Crippen LogP contribution is 2.34. The predicted molar refractivity (Wildman–Crippen MR) is 115 cm³/mol. The zero-order chi connectivity index (χ0) is 18.4. The summed E-state index contributed by atoms with van der Waals surface area (Å²) in [5, 5.41) is 3.44. The maximum atomic E-state index is 6.02. The number of anilines is 1. The monoisotopic (exact) mass is 459 g/mol. The normalized spacial score (nSPS) is 10.4. The molecule has 0 aliphatic carbocycles. The second-order valence-electron chi connectivity index (χ2n) is 6.10. The van der Waals surface area contributed by atoms with Crippen LogP contribution in [-0.4, -0.2) is 7.11 Å². The minimum absolute atomic E-state index is 0.522. The van der Waals surface area contributed by atoms with Gasteiger partial charge in [-0.25, -0.2) is 0 Å². The van der Waals surface area contributed by atoms with Crippen LogP contribution in [0.2, 0.25) is 0 Å². The SMILES string of the molecule is COc1cc(CNc2ccc(C)cc2)cc(I)c1OCc1ccccc1. The smallest absolute Gasteiger partial charge is 0.174 e. The summed E-state index contributed by atoms with van der Waals surface area (Å²) >= 11 is 2.30. The van der Waals surface area contributed by atoms with Crippen molar-refractivity contribution in [2.45, 2.75) is 20.1 Å². The first-order chi connectivity index (χ1) is 12.7.